The minimum absolute atomic E-state index is 0.0449. The van der Waals surface area contributed by atoms with Crippen LogP contribution in [0.1, 0.15) is 10.5 Å². The summed E-state index contributed by atoms with van der Waals surface area (Å²) in [5.74, 6) is -1.00. The summed E-state index contributed by atoms with van der Waals surface area (Å²) in [6.45, 7) is 0. The largest absolute Gasteiger partial charge is 0.464 e. The Labute approximate surface area is 95.8 Å². The second-order valence-electron chi connectivity index (χ2n) is 3.20. The van der Waals surface area contributed by atoms with Gasteiger partial charge in [0.25, 0.3) is 0 Å². The van der Waals surface area contributed by atoms with Gasteiger partial charge in [-0.05, 0) is 24.3 Å². The van der Waals surface area contributed by atoms with E-state index in [9.17, 15) is 9.18 Å². The zero-order valence-corrected chi connectivity index (χ0v) is 8.92. The lowest BCUT2D eigenvalue weighted by Gasteiger charge is -2.02. The third-order valence-electron chi connectivity index (χ3n) is 2.15. The Balaban J connectivity index is 2.44. The molecular formula is C10H9FN4O2. The number of nitrogen functional groups attached to an aromatic ring is 1. The summed E-state index contributed by atoms with van der Waals surface area (Å²) in [5.41, 5.74) is 6.13. The van der Waals surface area contributed by atoms with Crippen molar-refractivity contribution in [2.45, 2.75) is 0 Å². The number of carbonyl (C=O) groups excluding carboxylic acids is 1. The molecule has 0 saturated carbocycles. The molecule has 17 heavy (non-hydrogen) atoms. The monoisotopic (exact) mass is 236 g/mol. The molecule has 0 aliphatic heterocycles. The van der Waals surface area contributed by atoms with Gasteiger partial charge in [0.1, 0.15) is 5.82 Å². The van der Waals surface area contributed by atoms with Crippen LogP contribution in [0.2, 0.25) is 0 Å². The van der Waals surface area contributed by atoms with Crippen molar-refractivity contribution in [1.29, 1.82) is 0 Å². The van der Waals surface area contributed by atoms with E-state index in [2.05, 4.69) is 15.0 Å². The van der Waals surface area contributed by atoms with E-state index in [-0.39, 0.29) is 17.3 Å². The molecule has 0 aliphatic carbocycles. The Morgan fingerprint density at radius 3 is 2.65 bits per heavy atom. The second kappa shape index (κ2) is 4.20. The Bertz CT molecular complexity index is 550. The highest BCUT2D eigenvalue weighted by Crippen LogP contribution is 2.15. The summed E-state index contributed by atoms with van der Waals surface area (Å²) in [7, 11) is 1.22. The van der Waals surface area contributed by atoms with Crippen molar-refractivity contribution in [2.24, 2.45) is 0 Å². The van der Waals surface area contributed by atoms with Crippen LogP contribution < -0.4 is 5.73 Å². The first-order valence-corrected chi connectivity index (χ1v) is 4.69. The normalized spacial score (nSPS) is 10.2. The molecule has 0 atom stereocenters. The van der Waals surface area contributed by atoms with E-state index in [1.54, 1.807) is 0 Å². The highest BCUT2D eigenvalue weighted by atomic mass is 19.1. The van der Waals surface area contributed by atoms with E-state index in [0.717, 1.165) is 0 Å². The zero-order chi connectivity index (χ0) is 12.4. The number of benzene rings is 1. The molecule has 6 nitrogen and oxygen atoms in total. The third kappa shape index (κ3) is 1.94. The molecule has 0 bridgehead atoms. The van der Waals surface area contributed by atoms with Crippen LogP contribution in [-0.4, -0.2) is 28.1 Å². The molecule has 0 amide bonds. The number of halogens is 1. The fourth-order valence-corrected chi connectivity index (χ4v) is 1.30. The number of esters is 1. The minimum Gasteiger partial charge on any atom is -0.464 e. The average Bonchev–Trinajstić information content (AvgIpc) is 2.71. The van der Waals surface area contributed by atoms with Gasteiger partial charge in [-0.25, -0.2) is 9.18 Å². The number of rotatable bonds is 2. The first-order chi connectivity index (χ1) is 8.13. The van der Waals surface area contributed by atoms with Gasteiger partial charge in [-0.3, -0.25) is 0 Å². The summed E-state index contributed by atoms with van der Waals surface area (Å²) in [4.78, 5) is 11.3. The van der Waals surface area contributed by atoms with Crippen molar-refractivity contribution in [3.05, 3.63) is 35.8 Å². The quantitative estimate of drug-likeness (QED) is 0.779. The van der Waals surface area contributed by atoms with Crippen LogP contribution in [0.15, 0.2) is 24.3 Å². The molecule has 1 heterocycles. The van der Waals surface area contributed by atoms with Gasteiger partial charge >= 0.3 is 5.97 Å². The van der Waals surface area contributed by atoms with Crippen LogP contribution in [0.5, 0.6) is 0 Å². The minimum atomic E-state index is -0.670. The van der Waals surface area contributed by atoms with Crippen molar-refractivity contribution in [2.75, 3.05) is 12.8 Å². The molecule has 0 fully saturated rings. The first-order valence-electron chi connectivity index (χ1n) is 4.69. The molecule has 0 unspecified atom stereocenters. The summed E-state index contributed by atoms with van der Waals surface area (Å²) in [6, 6.07) is 5.46. The van der Waals surface area contributed by atoms with Gasteiger partial charge in [-0.2, -0.15) is 4.68 Å². The molecular weight excluding hydrogens is 227 g/mol. The van der Waals surface area contributed by atoms with Crippen LogP contribution in [0.4, 0.5) is 10.2 Å². The molecule has 2 N–H and O–H groups in total. The summed E-state index contributed by atoms with van der Waals surface area (Å²) in [5, 5.41) is 7.31. The highest BCUT2D eigenvalue weighted by Gasteiger charge is 2.18. The number of aromatic nitrogens is 3. The molecule has 1 aromatic heterocycles. The molecule has 2 rings (SSSR count). The lowest BCUT2D eigenvalue weighted by atomic mass is 10.3. The Morgan fingerprint density at radius 1 is 1.41 bits per heavy atom. The van der Waals surface area contributed by atoms with Crippen LogP contribution >= 0.6 is 0 Å². The highest BCUT2D eigenvalue weighted by molar-refractivity contribution is 5.92. The molecule has 0 radical (unpaired) electrons. The molecule has 88 valence electrons. The van der Waals surface area contributed by atoms with Crippen molar-refractivity contribution < 1.29 is 13.9 Å². The van der Waals surface area contributed by atoms with Gasteiger partial charge in [-0.15, -0.1) is 5.10 Å². The van der Waals surface area contributed by atoms with Crippen LogP contribution in [0, 0.1) is 5.82 Å². The number of hydrogen-bond acceptors (Lipinski definition) is 5. The van der Waals surface area contributed by atoms with Crippen LogP contribution in [-0.2, 0) is 4.74 Å². The maximum absolute atomic E-state index is 12.7. The van der Waals surface area contributed by atoms with E-state index in [4.69, 9.17) is 5.73 Å². The molecule has 0 aliphatic rings. The smallest absolute Gasteiger partial charge is 0.362 e. The number of nitrogens with two attached hydrogens (primary N) is 1. The van der Waals surface area contributed by atoms with Gasteiger partial charge < -0.3 is 10.5 Å². The van der Waals surface area contributed by atoms with Gasteiger partial charge in [-0.1, -0.05) is 5.21 Å². The van der Waals surface area contributed by atoms with Gasteiger partial charge in [0.05, 0.1) is 12.8 Å². The SMILES string of the molecule is COC(=O)c1nnn(-c2ccc(F)cc2)c1N. The second-order valence-corrected chi connectivity index (χ2v) is 3.20. The summed E-state index contributed by atoms with van der Waals surface area (Å²) >= 11 is 0. The molecule has 0 saturated heterocycles. The lowest BCUT2D eigenvalue weighted by molar-refractivity contribution is 0.0595. The summed E-state index contributed by atoms with van der Waals surface area (Å²) < 4.78 is 18.5. The van der Waals surface area contributed by atoms with Gasteiger partial charge in [0.2, 0.25) is 5.69 Å². The Morgan fingerprint density at radius 2 is 2.06 bits per heavy atom. The predicted molar refractivity (Wildman–Crippen MR) is 57.1 cm³/mol. The number of nitrogens with zero attached hydrogens (tertiary/aromatic N) is 3. The van der Waals surface area contributed by atoms with Crippen LogP contribution in [0.3, 0.4) is 0 Å². The van der Waals surface area contributed by atoms with E-state index in [1.807, 2.05) is 0 Å². The zero-order valence-electron chi connectivity index (χ0n) is 8.92. The average molecular weight is 236 g/mol. The van der Waals surface area contributed by atoms with E-state index in [0.29, 0.717) is 5.69 Å². The molecule has 2 aromatic rings. The molecule has 0 spiro atoms. The van der Waals surface area contributed by atoms with E-state index in [1.165, 1.54) is 36.1 Å². The fourth-order valence-electron chi connectivity index (χ4n) is 1.30. The Kier molecular flexibility index (Phi) is 2.73. The van der Waals surface area contributed by atoms with Crippen LogP contribution in [0.25, 0.3) is 5.69 Å². The number of hydrogen-bond donors (Lipinski definition) is 1. The van der Waals surface area contributed by atoms with E-state index >= 15 is 0 Å². The van der Waals surface area contributed by atoms with Crippen molar-refractivity contribution in [3.63, 3.8) is 0 Å². The third-order valence-corrected chi connectivity index (χ3v) is 2.15. The number of carbonyl (C=O) groups is 1. The molecule has 7 heteroatoms. The van der Waals surface area contributed by atoms with E-state index < -0.39 is 5.97 Å². The van der Waals surface area contributed by atoms with Gasteiger partial charge in [0, 0.05) is 0 Å². The Hall–Kier alpha value is -2.44. The number of methoxy groups -OCH3 is 1. The lowest BCUT2D eigenvalue weighted by Crippen LogP contribution is -2.07. The van der Waals surface area contributed by atoms with Crippen molar-refractivity contribution in [3.8, 4) is 5.69 Å². The topological polar surface area (TPSA) is 83.0 Å². The maximum atomic E-state index is 12.7. The van der Waals surface area contributed by atoms with Gasteiger partial charge in [0.15, 0.2) is 5.82 Å². The van der Waals surface area contributed by atoms with Crippen molar-refractivity contribution in [1.82, 2.24) is 15.0 Å². The molecule has 1 aromatic carbocycles. The number of anilines is 1. The number of ether oxygens (including phenoxy) is 1. The fraction of sp³-hybridized carbons (Fsp3) is 0.100. The maximum Gasteiger partial charge on any atom is 0.362 e. The predicted octanol–water partition coefficient (Wildman–Crippen LogP) is 0.775. The summed E-state index contributed by atoms with van der Waals surface area (Å²) in [6.07, 6.45) is 0. The van der Waals surface area contributed by atoms with Crippen molar-refractivity contribution >= 4 is 11.8 Å². The standard InChI is InChI=1S/C10H9FN4O2/c1-17-10(16)8-9(12)15(14-13-8)7-4-2-6(11)3-5-7/h2-5H,12H2,1H3. The first kappa shape index (κ1) is 11.1.